The number of hydrogen-bond acceptors (Lipinski definition) is 5. The Morgan fingerprint density at radius 1 is 1.39 bits per heavy atom. The summed E-state index contributed by atoms with van der Waals surface area (Å²) in [7, 11) is 0. The average molecular weight is 267 g/mol. The molecule has 0 aliphatic rings. The number of carboxylic acid groups (broad SMARTS) is 1. The molecule has 1 aromatic heterocycles. The van der Waals surface area contributed by atoms with E-state index < -0.39 is 24.2 Å². The van der Waals surface area contributed by atoms with Crippen molar-refractivity contribution >= 4 is 5.97 Å². The summed E-state index contributed by atoms with van der Waals surface area (Å²) in [5, 5.41) is 17.6. The van der Waals surface area contributed by atoms with Crippen molar-refractivity contribution in [3.63, 3.8) is 0 Å². The van der Waals surface area contributed by atoms with Gasteiger partial charge < -0.3 is 9.52 Å². The fourth-order valence-electron chi connectivity index (χ4n) is 1.05. The van der Waals surface area contributed by atoms with Crippen LogP contribution in [0.5, 0.6) is 0 Å². The van der Waals surface area contributed by atoms with Crippen LogP contribution in [0.2, 0.25) is 0 Å². The van der Waals surface area contributed by atoms with Gasteiger partial charge in [-0.3, -0.25) is 5.32 Å². The van der Waals surface area contributed by atoms with Crippen LogP contribution in [0.1, 0.15) is 25.6 Å². The zero-order valence-corrected chi connectivity index (χ0v) is 9.71. The molecule has 2 N–H and O–H groups in total. The molecule has 9 heteroatoms. The van der Waals surface area contributed by atoms with E-state index in [9.17, 15) is 18.0 Å². The van der Waals surface area contributed by atoms with E-state index in [0.717, 1.165) is 0 Å². The number of aromatic nitrogens is 2. The third kappa shape index (κ3) is 2.78. The highest BCUT2D eigenvalue weighted by Gasteiger charge is 2.57. The monoisotopic (exact) mass is 267 g/mol. The van der Waals surface area contributed by atoms with Crippen LogP contribution in [0, 0.1) is 0 Å². The molecular formula is C9H12F3N3O3. The van der Waals surface area contributed by atoms with E-state index in [0.29, 0.717) is 13.3 Å². The van der Waals surface area contributed by atoms with Crippen LogP contribution >= 0.6 is 0 Å². The van der Waals surface area contributed by atoms with Crippen molar-refractivity contribution in [2.75, 3.05) is 0 Å². The summed E-state index contributed by atoms with van der Waals surface area (Å²) < 4.78 is 42.8. The summed E-state index contributed by atoms with van der Waals surface area (Å²) in [5.74, 6) is -1.84. The highest BCUT2D eigenvalue weighted by molar-refractivity contribution is 5.79. The largest absolute Gasteiger partial charge is 0.480 e. The van der Waals surface area contributed by atoms with Crippen molar-refractivity contribution in [2.24, 2.45) is 0 Å². The second-order valence-electron chi connectivity index (χ2n) is 3.72. The Hall–Kier alpha value is -1.64. The van der Waals surface area contributed by atoms with E-state index in [2.05, 4.69) is 10.2 Å². The van der Waals surface area contributed by atoms with Gasteiger partial charge in [-0.15, -0.1) is 10.2 Å². The van der Waals surface area contributed by atoms with E-state index in [-0.39, 0.29) is 11.8 Å². The Balaban J connectivity index is 2.78. The smallest absolute Gasteiger partial charge is 0.417 e. The Bertz CT molecular complexity index is 432. The lowest BCUT2D eigenvalue weighted by atomic mass is 10.0. The standard InChI is InChI=1S/C9H12F3N3O3/c1-3-5-14-15-6(18-5)4-13-8(2,7(16)17)9(10,11)12/h13H,3-4H2,1-2H3,(H,16,17). The number of rotatable bonds is 5. The third-order valence-corrected chi connectivity index (χ3v) is 2.40. The van der Waals surface area contributed by atoms with Gasteiger partial charge in [-0.1, -0.05) is 6.92 Å². The molecule has 0 aliphatic heterocycles. The molecule has 1 heterocycles. The van der Waals surface area contributed by atoms with E-state index in [1.54, 1.807) is 6.92 Å². The number of alkyl halides is 3. The van der Waals surface area contributed by atoms with Gasteiger partial charge in [0.2, 0.25) is 17.3 Å². The van der Waals surface area contributed by atoms with E-state index in [4.69, 9.17) is 9.52 Å². The molecule has 1 rings (SSSR count). The predicted octanol–water partition coefficient (Wildman–Crippen LogP) is 1.13. The number of hydrogen-bond donors (Lipinski definition) is 2. The minimum absolute atomic E-state index is 0.0939. The Morgan fingerprint density at radius 3 is 2.33 bits per heavy atom. The zero-order valence-electron chi connectivity index (χ0n) is 9.71. The average Bonchev–Trinajstić information content (AvgIpc) is 2.71. The minimum Gasteiger partial charge on any atom is -0.480 e. The second kappa shape index (κ2) is 4.92. The zero-order chi connectivity index (χ0) is 14.0. The molecule has 0 saturated carbocycles. The lowest BCUT2D eigenvalue weighted by Gasteiger charge is -2.27. The van der Waals surface area contributed by atoms with Crippen molar-refractivity contribution in [1.82, 2.24) is 15.5 Å². The van der Waals surface area contributed by atoms with Gasteiger partial charge in [0.15, 0.2) is 0 Å². The molecule has 1 aromatic rings. The first kappa shape index (κ1) is 14.4. The Labute approximate surface area is 100 Å². The summed E-state index contributed by atoms with van der Waals surface area (Å²) in [5.41, 5.74) is -3.06. The van der Waals surface area contributed by atoms with Crippen LogP contribution < -0.4 is 5.32 Å². The maximum atomic E-state index is 12.6. The van der Waals surface area contributed by atoms with Crippen molar-refractivity contribution in [3.05, 3.63) is 11.8 Å². The molecule has 18 heavy (non-hydrogen) atoms. The van der Waals surface area contributed by atoms with Gasteiger partial charge in [0.1, 0.15) is 0 Å². The van der Waals surface area contributed by atoms with Crippen LogP contribution in [0.3, 0.4) is 0 Å². The van der Waals surface area contributed by atoms with E-state index >= 15 is 0 Å². The van der Waals surface area contributed by atoms with Gasteiger partial charge in [0.25, 0.3) is 0 Å². The first-order valence-corrected chi connectivity index (χ1v) is 5.07. The number of nitrogens with one attached hydrogen (secondary N) is 1. The van der Waals surface area contributed by atoms with Crippen LogP contribution in [-0.2, 0) is 17.8 Å². The molecule has 0 amide bonds. The van der Waals surface area contributed by atoms with Crippen molar-refractivity contribution in [2.45, 2.75) is 38.5 Å². The van der Waals surface area contributed by atoms with E-state index in [1.807, 2.05) is 5.32 Å². The molecule has 102 valence electrons. The summed E-state index contributed by atoms with van der Waals surface area (Å²) >= 11 is 0. The Morgan fingerprint density at radius 2 is 1.94 bits per heavy atom. The summed E-state index contributed by atoms with van der Waals surface area (Å²) in [6.07, 6.45) is -4.49. The van der Waals surface area contributed by atoms with Crippen LogP contribution in [0.15, 0.2) is 4.42 Å². The predicted molar refractivity (Wildman–Crippen MR) is 52.6 cm³/mol. The summed E-state index contributed by atoms with van der Waals surface area (Å²) in [6, 6.07) is 0. The molecule has 0 spiro atoms. The van der Waals surface area contributed by atoms with Gasteiger partial charge in [-0.2, -0.15) is 13.2 Å². The highest BCUT2D eigenvalue weighted by Crippen LogP contribution is 2.30. The quantitative estimate of drug-likeness (QED) is 0.831. The fraction of sp³-hybridized carbons (Fsp3) is 0.667. The maximum absolute atomic E-state index is 12.6. The molecule has 0 radical (unpaired) electrons. The highest BCUT2D eigenvalue weighted by atomic mass is 19.4. The van der Waals surface area contributed by atoms with Gasteiger partial charge in [0, 0.05) is 6.42 Å². The van der Waals surface area contributed by atoms with Crippen molar-refractivity contribution < 1.29 is 27.5 Å². The summed E-state index contributed by atoms with van der Waals surface area (Å²) in [4.78, 5) is 10.7. The van der Waals surface area contributed by atoms with Gasteiger partial charge in [0.05, 0.1) is 6.54 Å². The Kier molecular flexibility index (Phi) is 3.95. The van der Waals surface area contributed by atoms with Crippen molar-refractivity contribution in [1.29, 1.82) is 0 Å². The minimum atomic E-state index is -4.94. The first-order valence-electron chi connectivity index (χ1n) is 5.07. The van der Waals surface area contributed by atoms with Gasteiger partial charge >= 0.3 is 12.1 Å². The molecule has 0 fully saturated rings. The number of aliphatic carboxylic acids is 1. The summed E-state index contributed by atoms with van der Waals surface area (Å²) in [6.45, 7) is 1.80. The molecule has 0 saturated heterocycles. The van der Waals surface area contributed by atoms with Gasteiger partial charge in [-0.25, -0.2) is 4.79 Å². The van der Waals surface area contributed by atoms with Crippen LogP contribution in [-0.4, -0.2) is 33.0 Å². The second-order valence-corrected chi connectivity index (χ2v) is 3.72. The lowest BCUT2D eigenvalue weighted by Crippen LogP contribution is -2.59. The number of halogens is 3. The number of aryl methyl sites for hydroxylation is 1. The number of carboxylic acids is 1. The third-order valence-electron chi connectivity index (χ3n) is 2.40. The van der Waals surface area contributed by atoms with Crippen molar-refractivity contribution in [3.8, 4) is 0 Å². The topological polar surface area (TPSA) is 88.2 Å². The molecular weight excluding hydrogens is 255 g/mol. The van der Waals surface area contributed by atoms with Crippen LogP contribution in [0.25, 0.3) is 0 Å². The maximum Gasteiger partial charge on any atom is 0.417 e. The number of nitrogens with zero attached hydrogens (tertiary/aromatic N) is 2. The normalized spacial score (nSPS) is 15.4. The lowest BCUT2D eigenvalue weighted by molar-refractivity contribution is -0.206. The van der Waals surface area contributed by atoms with Crippen LogP contribution in [0.4, 0.5) is 13.2 Å². The molecule has 1 atom stereocenters. The first-order chi connectivity index (χ1) is 8.20. The van der Waals surface area contributed by atoms with Gasteiger partial charge in [-0.05, 0) is 6.92 Å². The molecule has 0 bridgehead atoms. The molecule has 0 aliphatic carbocycles. The van der Waals surface area contributed by atoms with E-state index in [1.165, 1.54) is 0 Å². The number of carbonyl (C=O) groups is 1. The molecule has 1 unspecified atom stereocenters. The molecule has 6 nitrogen and oxygen atoms in total. The SMILES string of the molecule is CCc1nnc(CNC(C)(C(=O)O)C(F)(F)F)o1. The fourth-order valence-corrected chi connectivity index (χ4v) is 1.05. The molecule has 0 aromatic carbocycles.